The lowest BCUT2D eigenvalue weighted by Gasteiger charge is -2.06. The summed E-state index contributed by atoms with van der Waals surface area (Å²) in [5.74, 6) is -2.42. The fourth-order valence-electron chi connectivity index (χ4n) is 2.21. The van der Waals surface area contributed by atoms with E-state index in [2.05, 4.69) is 10.3 Å². The van der Waals surface area contributed by atoms with Crippen LogP contribution < -0.4 is 10.9 Å². The molecule has 5 nitrogen and oxygen atoms in total. The van der Waals surface area contributed by atoms with Crippen LogP contribution in [0.5, 0.6) is 0 Å². The van der Waals surface area contributed by atoms with Gasteiger partial charge in [-0.05, 0) is 24.6 Å². The molecule has 3 rings (SSSR count). The molecule has 1 aromatic carbocycles. The van der Waals surface area contributed by atoms with Crippen LogP contribution in [0.25, 0.3) is 10.2 Å². The molecule has 0 unspecified atom stereocenters. The highest BCUT2D eigenvalue weighted by molar-refractivity contribution is 7.20. The number of nitrogens with one attached hydrogen (secondary N) is 1. The summed E-state index contributed by atoms with van der Waals surface area (Å²) in [4.78, 5) is 29.2. The minimum atomic E-state index is -0.869. The van der Waals surface area contributed by atoms with Gasteiger partial charge in [-0.15, -0.1) is 11.3 Å². The summed E-state index contributed by atoms with van der Waals surface area (Å²) in [6.07, 6.45) is 1.36. The molecule has 23 heavy (non-hydrogen) atoms. The zero-order chi connectivity index (χ0) is 16.7. The van der Waals surface area contributed by atoms with E-state index in [0.717, 1.165) is 23.5 Å². The van der Waals surface area contributed by atoms with E-state index in [9.17, 15) is 18.4 Å². The van der Waals surface area contributed by atoms with Crippen molar-refractivity contribution in [3.05, 3.63) is 57.0 Å². The van der Waals surface area contributed by atoms with Gasteiger partial charge in [0.1, 0.15) is 22.2 Å². The van der Waals surface area contributed by atoms with E-state index >= 15 is 0 Å². The molecule has 118 valence electrons. The van der Waals surface area contributed by atoms with Gasteiger partial charge >= 0.3 is 0 Å². The minimum Gasteiger partial charge on any atom is -0.316 e. The topological polar surface area (TPSA) is 64.0 Å². The van der Waals surface area contributed by atoms with Gasteiger partial charge in [-0.1, -0.05) is 6.07 Å². The molecule has 0 aliphatic heterocycles. The standard InChI is InChI=1S/C15H11F2N3O2S/c1-7-10-14(18-6-20(2)15(10)22)23-12(7)13(21)19-11-8(16)4-3-5-9(11)17/h3-6H,1-2H3,(H,19,21). The van der Waals surface area contributed by atoms with Crippen molar-refractivity contribution in [2.45, 2.75) is 6.92 Å². The van der Waals surface area contributed by atoms with Crippen molar-refractivity contribution in [1.29, 1.82) is 0 Å². The van der Waals surface area contributed by atoms with Gasteiger partial charge in [-0.25, -0.2) is 13.8 Å². The largest absolute Gasteiger partial charge is 0.316 e. The number of benzene rings is 1. The second-order valence-electron chi connectivity index (χ2n) is 4.95. The molecule has 0 aliphatic carbocycles. The normalized spacial score (nSPS) is 11.0. The number of hydrogen-bond donors (Lipinski definition) is 1. The van der Waals surface area contributed by atoms with E-state index in [4.69, 9.17) is 0 Å². The van der Waals surface area contributed by atoms with Gasteiger partial charge in [0.25, 0.3) is 11.5 Å². The van der Waals surface area contributed by atoms with Crippen LogP contribution in [-0.2, 0) is 7.05 Å². The number of hydrogen-bond acceptors (Lipinski definition) is 4. The number of nitrogens with zero attached hydrogens (tertiary/aromatic N) is 2. The number of aryl methyl sites for hydroxylation is 2. The molecule has 0 fully saturated rings. The number of carbonyl (C=O) groups is 1. The lowest BCUT2D eigenvalue weighted by molar-refractivity contribution is 0.102. The fourth-order valence-corrected chi connectivity index (χ4v) is 3.25. The van der Waals surface area contributed by atoms with E-state index in [-0.39, 0.29) is 10.4 Å². The molecule has 3 aromatic rings. The monoisotopic (exact) mass is 335 g/mol. The molecule has 1 N–H and O–H groups in total. The van der Waals surface area contributed by atoms with Gasteiger partial charge in [0.15, 0.2) is 0 Å². The maximum Gasteiger partial charge on any atom is 0.266 e. The first kappa shape index (κ1) is 15.3. The highest BCUT2D eigenvalue weighted by atomic mass is 32.1. The van der Waals surface area contributed by atoms with Gasteiger partial charge in [0.05, 0.1) is 16.6 Å². The number of para-hydroxylation sites is 1. The van der Waals surface area contributed by atoms with E-state index < -0.39 is 23.2 Å². The van der Waals surface area contributed by atoms with E-state index in [1.54, 1.807) is 14.0 Å². The Morgan fingerprint density at radius 3 is 2.61 bits per heavy atom. The van der Waals surface area contributed by atoms with Crippen LogP contribution in [-0.4, -0.2) is 15.5 Å². The number of amides is 1. The number of thiophene rings is 1. The molecule has 0 atom stereocenters. The Morgan fingerprint density at radius 1 is 1.30 bits per heavy atom. The van der Waals surface area contributed by atoms with E-state index in [0.29, 0.717) is 15.8 Å². The Bertz CT molecular complexity index is 974. The van der Waals surface area contributed by atoms with Gasteiger partial charge in [-0.3, -0.25) is 9.59 Å². The molecule has 2 aromatic heterocycles. The van der Waals surface area contributed by atoms with Crippen molar-refractivity contribution in [1.82, 2.24) is 9.55 Å². The average Bonchev–Trinajstić information content (AvgIpc) is 2.84. The molecule has 0 saturated heterocycles. The Kier molecular flexibility index (Phi) is 3.69. The number of rotatable bonds is 2. The van der Waals surface area contributed by atoms with Crippen LogP contribution in [0, 0.1) is 18.6 Å². The lowest BCUT2D eigenvalue weighted by atomic mass is 10.2. The quantitative estimate of drug-likeness (QED) is 0.783. The molecular weight excluding hydrogens is 324 g/mol. The number of fused-ring (bicyclic) bond motifs is 1. The number of halogens is 2. The third kappa shape index (κ3) is 2.50. The fraction of sp³-hybridized carbons (Fsp3) is 0.133. The van der Waals surface area contributed by atoms with Crippen LogP contribution >= 0.6 is 11.3 Å². The second-order valence-corrected chi connectivity index (χ2v) is 5.95. The molecule has 8 heteroatoms. The van der Waals surface area contributed by atoms with E-state index in [1.165, 1.54) is 17.0 Å². The van der Waals surface area contributed by atoms with Crippen LogP contribution in [0.1, 0.15) is 15.2 Å². The highest BCUT2D eigenvalue weighted by Crippen LogP contribution is 2.28. The maximum atomic E-state index is 13.6. The summed E-state index contributed by atoms with van der Waals surface area (Å²) in [5.41, 5.74) is -0.358. The minimum absolute atomic E-state index is 0.193. The van der Waals surface area contributed by atoms with Crippen LogP contribution in [0.3, 0.4) is 0 Å². The smallest absolute Gasteiger partial charge is 0.266 e. The third-order valence-corrected chi connectivity index (χ3v) is 4.62. The molecule has 0 saturated carbocycles. The second kappa shape index (κ2) is 5.54. The van der Waals surface area contributed by atoms with Crippen LogP contribution in [0.4, 0.5) is 14.5 Å². The molecule has 0 radical (unpaired) electrons. The summed E-state index contributed by atoms with van der Waals surface area (Å²) in [6, 6.07) is 3.31. The Hall–Kier alpha value is -2.61. The first-order valence-corrected chi connectivity index (χ1v) is 7.42. The summed E-state index contributed by atoms with van der Waals surface area (Å²) in [6.45, 7) is 1.61. The molecule has 2 heterocycles. The number of carbonyl (C=O) groups excluding carboxylic acids is 1. The van der Waals surface area contributed by atoms with Gasteiger partial charge in [0.2, 0.25) is 0 Å². The predicted octanol–water partition coefficient (Wildman–Crippen LogP) is 2.83. The number of anilines is 1. The van der Waals surface area contributed by atoms with Crippen molar-refractivity contribution in [3.8, 4) is 0 Å². The molecule has 0 bridgehead atoms. The van der Waals surface area contributed by atoms with Crippen molar-refractivity contribution < 1.29 is 13.6 Å². The first-order valence-electron chi connectivity index (χ1n) is 6.60. The van der Waals surface area contributed by atoms with Crippen molar-refractivity contribution in [3.63, 3.8) is 0 Å². The van der Waals surface area contributed by atoms with Crippen molar-refractivity contribution in [2.75, 3.05) is 5.32 Å². The summed E-state index contributed by atoms with van der Waals surface area (Å²) in [5, 5.41) is 2.55. The first-order chi connectivity index (χ1) is 10.9. The van der Waals surface area contributed by atoms with Crippen LogP contribution in [0.2, 0.25) is 0 Å². The SMILES string of the molecule is Cc1c(C(=O)Nc2c(F)cccc2F)sc2ncn(C)c(=O)c12. The van der Waals surface area contributed by atoms with Gasteiger partial charge < -0.3 is 9.88 Å². The molecule has 1 amide bonds. The third-order valence-electron chi connectivity index (χ3n) is 3.42. The summed E-state index contributed by atoms with van der Waals surface area (Å²) in [7, 11) is 1.56. The lowest BCUT2D eigenvalue weighted by Crippen LogP contribution is -2.17. The summed E-state index contributed by atoms with van der Waals surface area (Å²) >= 11 is 1.00. The molecule has 0 aliphatic rings. The Morgan fingerprint density at radius 2 is 1.96 bits per heavy atom. The maximum absolute atomic E-state index is 13.6. The number of aromatic nitrogens is 2. The zero-order valence-electron chi connectivity index (χ0n) is 12.2. The average molecular weight is 335 g/mol. The Labute approximate surface area is 133 Å². The van der Waals surface area contributed by atoms with Crippen LogP contribution in [0.15, 0.2) is 29.3 Å². The molecular formula is C15H11F2N3O2S. The Balaban J connectivity index is 2.07. The zero-order valence-corrected chi connectivity index (χ0v) is 13.0. The predicted molar refractivity (Wildman–Crippen MR) is 83.9 cm³/mol. The van der Waals surface area contributed by atoms with Gasteiger partial charge in [0, 0.05) is 7.05 Å². The van der Waals surface area contributed by atoms with Crippen molar-refractivity contribution >= 4 is 33.1 Å². The van der Waals surface area contributed by atoms with Crippen molar-refractivity contribution in [2.24, 2.45) is 7.05 Å². The van der Waals surface area contributed by atoms with E-state index in [1.807, 2.05) is 0 Å². The molecule has 0 spiro atoms. The highest BCUT2D eigenvalue weighted by Gasteiger charge is 2.21. The summed E-state index contributed by atoms with van der Waals surface area (Å²) < 4.78 is 28.6. The van der Waals surface area contributed by atoms with Gasteiger partial charge in [-0.2, -0.15) is 0 Å².